The van der Waals surface area contributed by atoms with E-state index in [-0.39, 0.29) is 20.9 Å². The van der Waals surface area contributed by atoms with Gasteiger partial charge in [0, 0.05) is 23.4 Å². The Hall–Kier alpha value is -1.52. The fourth-order valence-electron chi connectivity index (χ4n) is 1.92. The third-order valence-electron chi connectivity index (χ3n) is 3.56. The SMILES string of the molecule is CON(C)S(=O)(=O)c1cc(C(=O)Nc2nc(C(C)(C)C)cs2)ccc1Cl. The van der Waals surface area contributed by atoms with Crippen LogP contribution in [0.4, 0.5) is 5.13 Å². The quantitative estimate of drug-likeness (QED) is 0.751. The topological polar surface area (TPSA) is 88.6 Å². The zero-order valence-electron chi connectivity index (χ0n) is 15.0. The first-order valence-electron chi connectivity index (χ1n) is 7.56. The van der Waals surface area contributed by atoms with Gasteiger partial charge in [-0.25, -0.2) is 13.4 Å². The average molecular weight is 418 g/mol. The van der Waals surface area contributed by atoms with Gasteiger partial charge in [0.05, 0.1) is 17.8 Å². The van der Waals surface area contributed by atoms with Crippen molar-refractivity contribution in [2.24, 2.45) is 0 Å². The molecule has 10 heteroatoms. The predicted molar refractivity (Wildman–Crippen MR) is 102 cm³/mol. The van der Waals surface area contributed by atoms with E-state index >= 15 is 0 Å². The zero-order chi connectivity index (χ0) is 19.7. The summed E-state index contributed by atoms with van der Waals surface area (Å²) in [5, 5.41) is 4.99. The standard InChI is InChI=1S/C16H20ClN3O4S2/c1-16(2,3)13-9-25-15(18-13)19-14(21)10-6-7-11(17)12(8-10)26(22,23)20(4)24-5/h6-9H,1-5H3,(H,18,19,21). The van der Waals surface area contributed by atoms with Gasteiger partial charge in [-0.2, -0.15) is 0 Å². The van der Waals surface area contributed by atoms with Gasteiger partial charge in [-0.05, 0) is 18.2 Å². The summed E-state index contributed by atoms with van der Waals surface area (Å²) in [6.07, 6.45) is 0. The highest BCUT2D eigenvalue weighted by atomic mass is 35.5. The lowest BCUT2D eigenvalue weighted by molar-refractivity contribution is -0.0258. The van der Waals surface area contributed by atoms with Crippen molar-refractivity contribution in [2.45, 2.75) is 31.1 Å². The van der Waals surface area contributed by atoms with Crippen molar-refractivity contribution in [3.63, 3.8) is 0 Å². The van der Waals surface area contributed by atoms with Crippen molar-refractivity contribution < 1.29 is 18.0 Å². The number of amides is 1. The molecule has 0 saturated heterocycles. The molecular weight excluding hydrogens is 398 g/mol. The van der Waals surface area contributed by atoms with Crippen LogP contribution in [0.25, 0.3) is 0 Å². The summed E-state index contributed by atoms with van der Waals surface area (Å²) >= 11 is 7.30. The first-order chi connectivity index (χ1) is 12.0. The van der Waals surface area contributed by atoms with E-state index in [4.69, 9.17) is 16.4 Å². The van der Waals surface area contributed by atoms with Crippen LogP contribution in [-0.4, -0.2) is 37.9 Å². The van der Waals surface area contributed by atoms with Crippen molar-refractivity contribution >= 4 is 44.0 Å². The monoisotopic (exact) mass is 417 g/mol. The van der Waals surface area contributed by atoms with E-state index in [2.05, 4.69) is 10.3 Å². The van der Waals surface area contributed by atoms with E-state index in [1.54, 1.807) is 0 Å². The first-order valence-corrected chi connectivity index (χ1v) is 10.3. The van der Waals surface area contributed by atoms with Gasteiger partial charge in [-0.15, -0.1) is 11.3 Å². The summed E-state index contributed by atoms with van der Waals surface area (Å²) in [6, 6.07) is 4.01. The highest BCUT2D eigenvalue weighted by molar-refractivity contribution is 7.89. The van der Waals surface area contributed by atoms with E-state index in [1.807, 2.05) is 26.2 Å². The molecule has 1 amide bonds. The molecule has 142 valence electrons. The Morgan fingerprint density at radius 2 is 2.00 bits per heavy atom. The van der Waals surface area contributed by atoms with Crippen molar-refractivity contribution in [2.75, 3.05) is 19.5 Å². The van der Waals surface area contributed by atoms with Gasteiger partial charge in [0.25, 0.3) is 15.9 Å². The number of nitrogens with zero attached hydrogens (tertiary/aromatic N) is 2. The number of hydroxylamine groups is 1. The number of carbonyl (C=O) groups is 1. The highest BCUT2D eigenvalue weighted by Crippen LogP contribution is 2.28. The number of thiazole rings is 1. The molecule has 0 bridgehead atoms. The highest BCUT2D eigenvalue weighted by Gasteiger charge is 2.25. The van der Waals surface area contributed by atoms with Crippen LogP contribution in [0, 0.1) is 0 Å². The van der Waals surface area contributed by atoms with Gasteiger partial charge in [0.2, 0.25) is 0 Å². The summed E-state index contributed by atoms with van der Waals surface area (Å²) in [5.74, 6) is -0.479. The van der Waals surface area contributed by atoms with Crippen LogP contribution in [-0.2, 0) is 20.3 Å². The minimum atomic E-state index is -3.98. The number of hydrogen-bond acceptors (Lipinski definition) is 6. The van der Waals surface area contributed by atoms with Crippen molar-refractivity contribution in [3.8, 4) is 0 Å². The van der Waals surface area contributed by atoms with E-state index in [9.17, 15) is 13.2 Å². The summed E-state index contributed by atoms with van der Waals surface area (Å²) in [5.41, 5.74) is 0.870. The number of halogens is 1. The van der Waals surface area contributed by atoms with Gasteiger partial charge in [0.15, 0.2) is 5.13 Å². The Morgan fingerprint density at radius 3 is 2.54 bits per heavy atom. The second-order valence-electron chi connectivity index (χ2n) is 6.48. The van der Waals surface area contributed by atoms with Gasteiger partial charge >= 0.3 is 0 Å². The second-order valence-corrected chi connectivity index (χ2v) is 9.65. The molecule has 0 fully saturated rings. The molecule has 0 saturated carbocycles. The fourth-order valence-corrected chi connectivity index (χ4v) is 4.33. The van der Waals surface area contributed by atoms with Gasteiger partial charge in [-0.3, -0.25) is 14.9 Å². The number of rotatable bonds is 5. The number of sulfonamides is 1. The normalized spacial score (nSPS) is 12.4. The maximum atomic E-state index is 12.5. The molecule has 0 spiro atoms. The molecule has 26 heavy (non-hydrogen) atoms. The maximum Gasteiger partial charge on any atom is 0.266 e. The summed E-state index contributed by atoms with van der Waals surface area (Å²) in [7, 11) is -1.52. The summed E-state index contributed by atoms with van der Waals surface area (Å²) in [4.78, 5) is 21.4. The predicted octanol–water partition coefficient (Wildman–Crippen LogP) is 3.53. The van der Waals surface area contributed by atoms with Crippen LogP contribution in [0.5, 0.6) is 0 Å². The van der Waals surface area contributed by atoms with Gasteiger partial charge < -0.3 is 0 Å². The van der Waals surface area contributed by atoms with E-state index in [0.29, 0.717) is 9.60 Å². The zero-order valence-corrected chi connectivity index (χ0v) is 17.4. The van der Waals surface area contributed by atoms with Crippen LogP contribution < -0.4 is 5.32 Å². The van der Waals surface area contributed by atoms with Gasteiger partial charge in [0.1, 0.15) is 4.90 Å². The van der Waals surface area contributed by atoms with Crippen LogP contribution in [0.2, 0.25) is 5.02 Å². The van der Waals surface area contributed by atoms with E-state index < -0.39 is 15.9 Å². The first kappa shape index (κ1) is 20.8. The lowest BCUT2D eigenvalue weighted by Gasteiger charge is -2.15. The fraction of sp³-hybridized carbons (Fsp3) is 0.375. The average Bonchev–Trinajstić information content (AvgIpc) is 3.02. The van der Waals surface area contributed by atoms with Crippen molar-refractivity contribution in [3.05, 3.63) is 39.9 Å². The molecule has 0 aliphatic carbocycles. The minimum Gasteiger partial charge on any atom is -0.298 e. The van der Waals surface area contributed by atoms with Crippen LogP contribution in [0.15, 0.2) is 28.5 Å². The Balaban J connectivity index is 2.31. The summed E-state index contributed by atoms with van der Waals surface area (Å²) < 4.78 is 25.5. The van der Waals surface area contributed by atoms with Gasteiger partial charge in [-0.1, -0.05) is 36.8 Å². The van der Waals surface area contributed by atoms with Crippen LogP contribution in [0.1, 0.15) is 36.8 Å². The molecule has 1 aromatic carbocycles. The maximum absolute atomic E-state index is 12.5. The molecule has 0 unspecified atom stereocenters. The molecular formula is C16H20ClN3O4S2. The second kappa shape index (κ2) is 7.61. The van der Waals surface area contributed by atoms with Crippen molar-refractivity contribution in [1.29, 1.82) is 0 Å². The third-order valence-corrected chi connectivity index (χ3v) is 6.48. The molecule has 1 heterocycles. The lowest BCUT2D eigenvalue weighted by atomic mass is 9.93. The Kier molecular flexibility index (Phi) is 6.09. The number of hydrogen-bond donors (Lipinski definition) is 1. The Labute approximate surface area is 162 Å². The number of nitrogens with one attached hydrogen (secondary N) is 1. The number of anilines is 1. The molecule has 1 aromatic heterocycles. The summed E-state index contributed by atoms with van der Waals surface area (Å²) in [6.45, 7) is 6.07. The number of aromatic nitrogens is 1. The number of carbonyl (C=O) groups excluding carboxylic acids is 1. The Bertz CT molecular complexity index is 920. The molecule has 7 nitrogen and oxygen atoms in total. The van der Waals surface area contributed by atoms with Crippen LogP contribution >= 0.6 is 22.9 Å². The molecule has 0 aliphatic heterocycles. The molecule has 2 rings (SSSR count). The molecule has 0 aliphatic rings. The largest absolute Gasteiger partial charge is 0.298 e. The molecule has 2 aromatic rings. The van der Waals surface area contributed by atoms with Crippen molar-refractivity contribution in [1.82, 2.24) is 9.45 Å². The minimum absolute atomic E-state index is 0.00489. The lowest BCUT2D eigenvalue weighted by Crippen LogP contribution is -2.26. The Morgan fingerprint density at radius 1 is 1.35 bits per heavy atom. The molecule has 0 radical (unpaired) electrons. The third kappa shape index (κ3) is 4.41. The molecule has 0 atom stereocenters. The smallest absolute Gasteiger partial charge is 0.266 e. The van der Waals surface area contributed by atoms with E-state index in [1.165, 1.54) is 43.7 Å². The molecule has 1 N–H and O–H groups in total. The number of benzene rings is 1. The van der Waals surface area contributed by atoms with Crippen LogP contribution in [0.3, 0.4) is 0 Å². The van der Waals surface area contributed by atoms with E-state index in [0.717, 1.165) is 5.69 Å².